The second-order valence-corrected chi connectivity index (χ2v) is 5.69. The van der Waals surface area contributed by atoms with E-state index in [1.54, 1.807) is 0 Å². The molecule has 3 nitrogen and oxygen atoms in total. The molecule has 3 heteroatoms. The smallest absolute Gasteiger partial charge is 0.336 e. The molecule has 1 aromatic heterocycles. The molecule has 0 saturated heterocycles. The number of rotatable bonds is 5. The Morgan fingerprint density at radius 3 is 2.76 bits per heavy atom. The first-order chi connectivity index (χ1) is 12.2. The van der Waals surface area contributed by atoms with E-state index >= 15 is 0 Å². The van der Waals surface area contributed by atoms with E-state index in [0.717, 1.165) is 22.9 Å². The molecule has 0 aliphatic carbocycles. The third-order valence-corrected chi connectivity index (χ3v) is 3.91. The molecule has 0 N–H and O–H groups in total. The molecule has 0 bridgehead atoms. The van der Waals surface area contributed by atoms with E-state index in [4.69, 9.17) is 15.6 Å². The van der Waals surface area contributed by atoms with Crippen molar-refractivity contribution in [3.8, 4) is 18.1 Å². The monoisotopic (exact) mass is 330 g/mol. The van der Waals surface area contributed by atoms with Gasteiger partial charge in [-0.1, -0.05) is 48.4 Å². The van der Waals surface area contributed by atoms with Gasteiger partial charge < -0.3 is 9.15 Å². The van der Waals surface area contributed by atoms with Crippen molar-refractivity contribution in [3.05, 3.63) is 81.7 Å². The molecular formula is C22H18O3. The van der Waals surface area contributed by atoms with Crippen molar-refractivity contribution >= 4 is 17.0 Å². The van der Waals surface area contributed by atoms with Crippen LogP contribution in [0.5, 0.6) is 5.75 Å². The van der Waals surface area contributed by atoms with Gasteiger partial charge in [-0.15, -0.1) is 6.42 Å². The predicted molar refractivity (Wildman–Crippen MR) is 101 cm³/mol. The van der Waals surface area contributed by atoms with Gasteiger partial charge in [0.1, 0.15) is 17.9 Å². The molecule has 0 atom stereocenters. The van der Waals surface area contributed by atoms with Crippen LogP contribution in [0, 0.1) is 19.3 Å². The highest BCUT2D eigenvalue weighted by molar-refractivity contribution is 5.90. The lowest BCUT2D eigenvalue weighted by molar-refractivity contribution is 0.369. The van der Waals surface area contributed by atoms with Gasteiger partial charge in [0.25, 0.3) is 0 Å². The van der Waals surface area contributed by atoms with E-state index in [-0.39, 0.29) is 12.2 Å². The van der Waals surface area contributed by atoms with E-state index in [0.29, 0.717) is 11.3 Å². The fourth-order valence-electron chi connectivity index (χ4n) is 2.72. The van der Waals surface area contributed by atoms with E-state index in [9.17, 15) is 4.79 Å². The summed E-state index contributed by atoms with van der Waals surface area (Å²) < 4.78 is 11.1. The number of fused-ring (bicyclic) bond motifs is 1. The summed E-state index contributed by atoms with van der Waals surface area (Å²) in [6.45, 7) is 2.04. The molecule has 25 heavy (non-hydrogen) atoms. The number of benzene rings is 2. The maximum absolute atomic E-state index is 11.8. The molecule has 0 aliphatic heterocycles. The SMILES string of the molecule is C#CCOc1ccc2c(C)cc(=O)oc2c1/C=C/Cc1ccccc1. The zero-order chi connectivity index (χ0) is 17.6. The van der Waals surface area contributed by atoms with E-state index in [1.807, 2.05) is 49.4 Å². The van der Waals surface area contributed by atoms with Crippen LogP contribution in [0.25, 0.3) is 17.0 Å². The number of terminal acetylenes is 1. The Balaban J connectivity index is 2.05. The van der Waals surface area contributed by atoms with Gasteiger partial charge in [0.05, 0.1) is 5.56 Å². The van der Waals surface area contributed by atoms with Crippen molar-refractivity contribution < 1.29 is 9.15 Å². The van der Waals surface area contributed by atoms with Crippen molar-refractivity contribution in [2.45, 2.75) is 13.3 Å². The van der Waals surface area contributed by atoms with Gasteiger partial charge in [0.15, 0.2) is 0 Å². The Hall–Kier alpha value is -3.25. The molecule has 0 aliphatic rings. The molecule has 1 heterocycles. The topological polar surface area (TPSA) is 39.4 Å². The van der Waals surface area contributed by atoms with Crippen LogP contribution in [-0.4, -0.2) is 6.61 Å². The first-order valence-corrected chi connectivity index (χ1v) is 8.03. The van der Waals surface area contributed by atoms with Gasteiger partial charge in [-0.3, -0.25) is 0 Å². The normalized spacial score (nSPS) is 10.9. The van der Waals surface area contributed by atoms with Crippen molar-refractivity contribution in [1.82, 2.24) is 0 Å². The maximum Gasteiger partial charge on any atom is 0.336 e. The number of aryl methyl sites for hydroxylation is 1. The molecule has 0 fully saturated rings. The second kappa shape index (κ2) is 7.55. The first kappa shape index (κ1) is 16.6. The number of allylic oxidation sites excluding steroid dienone is 1. The molecule has 0 spiro atoms. The average molecular weight is 330 g/mol. The molecule has 0 unspecified atom stereocenters. The van der Waals surface area contributed by atoms with Crippen LogP contribution in [-0.2, 0) is 6.42 Å². The van der Waals surface area contributed by atoms with Crippen LogP contribution < -0.4 is 10.4 Å². The zero-order valence-electron chi connectivity index (χ0n) is 14.0. The molecule has 124 valence electrons. The summed E-state index contributed by atoms with van der Waals surface area (Å²) in [6.07, 6.45) is 10.0. The number of ether oxygens (including phenoxy) is 1. The Morgan fingerprint density at radius 1 is 1.20 bits per heavy atom. The minimum Gasteiger partial charge on any atom is -0.480 e. The first-order valence-electron chi connectivity index (χ1n) is 8.03. The van der Waals surface area contributed by atoms with E-state index in [1.165, 1.54) is 11.6 Å². The number of hydrogen-bond donors (Lipinski definition) is 0. The molecule has 2 aromatic carbocycles. The lowest BCUT2D eigenvalue weighted by atomic mass is 10.0. The van der Waals surface area contributed by atoms with Crippen molar-refractivity contribution in [2.75, 3.05) is 6.61 Å². The van der Waals surface area contributed by atoms with Crippen LogP contribution in [0.1, 0.15) is 16.7 Å². The van der Waals surface area contributed by atoms with E-state index in [2.05, 4.69) is 18.1 Å². The largest absolute Gasteiger partial charge is 0.480 e. The third kappa shape index (κ3) is 3.81. The number of hydrogen-bond acceptors (Lipinski definition) is 3. The summed E-state index contributed by atoms with van der Waals surface area (Å²) in [5.41, 5.74) is 2.93. The quantitative estimate of drug-likeness (QED) is 0.515. The predicted octanol–water partition coefficient (Wildman–Crippen LogP) is 4.37. The fourth-order valence-corrected chi connectivity index (χ4v) is 2.72. The minimum atomic E-state index is -0.378. The highest BCUT2D eigenvalue weighted by atomic mass is 16.5. The highest BCUT2D eigenvalue weighted by Gasteiger charge is 2.11. The lowest BCUT2D eigenvalue weighted by Crippen LogP contribution is -2.01. The molecule has 0 saturated carbocycles. The van der Waals surface area contributed by atoms with Gasteiger partial charge >= 0.3 is 5.63 Å². The van der Waals surface area contributed by atoms with Crippen LogP contribution in [0.15, 0.2) is 63.8 Å². The molecule has 3 rings (SSSR count). The summed E-state index contributed by atoms with van der Waals surface area (Å²) in [5, 5.41) is 0.881. The Labute approximate surface area is 146 Å². The highest BCUT2D eigenvalue weighted by Crippen LogP contribution is 2.30. The Bertz CT molecular complexity index is 1010. The lowest BCUT2D eigenvalue weighted by Gasteiger charge is -2.10. The van der Waals surface area contributed by atoms with Crippen LogP contribution >= 0.6 is 0 Å². The fraction of sp³-hybridized carbons (Fsp3) is 0.136. The van der Waals surface area contributed by atoms with Crippen molar-refractivity contribution in [3.63, 3.8) is 0 Å². The standard InChI is InChI=1S/C22H18O3/c1-3-14-24-20-13-12-18-16(2)15-21(23)25-22(18)19(20)11-7-10-17-8-5-4-6-9-17/h1,4-9,11-13,15H,10,14H2,2H3/b11-7+. The summed E-state index contributed by atoms with van der Waals surface area (Å²) in [6, 6.07) is 15.3. The molecular weight excluding hydrogens is 312 g/mol. The van der Waals surface area contributed by atoms with Crippen LogP contribution in [0.3, 0.4) is 0 Å². The molecule has 3 aromatic rings. The second-order valence-electron chi connectivity index (χ2n) is 5.69. The minimum absolute atomic E-state index is 0.154. The summed E-state index contributed by atoms with van der Waals surface area (Å²) in [7, 11) is 0. The van der Waals surface area contributed by atoms with Crippen LogP contribution in [0.4, 0.5) is 0 Å². The molecule has 0 amide bonds. The third-order valence-electron chi connectivity index (χ3n) is 3.91. The van der Waals surface area contributed by atoms with Gasteiger partial charge in [-0.25, -0.2) is 4.79 Å². The van der Waals surface area contributed by atoms with Gasteiger partial charge in [-0.2, -0.15) is 0 Å². The van der Waals surface area contributed by atoms with Gasteiger partial charge in [-0.05, 0) is 36.6 Å². The van der Waals surface area contributed by atoms with Crippen molar-refractivity contribution in [2.24, 2.45) is 0 Å². The van der Waals surface area contributed by atoms with Crippen LogP contribution in [0.2, 0.25) is 0 Å². The Kier molecular flexibility index (Phi) is 5.01. The summed E-state index contributed by atoms with van der Waals surface area (Å²) >= 11 is 0. The average Bonchev–Trinajstić information content (AvgIpc) is 2.61. The van der Waals surface area contributed by atoms with Gasteiger partial charge in [0.2, 0.25) is 0 Å². The van der Waals surface area contributed by atoms with E-state index < -0.39 is 0 Å². The zero-order valence-corrected chi connectivity index (χ0v) is 14.0. The summed E-state index contributed by atoms with van der Waals surface area (Å²) in [5.74, 6) is 3.06. The molecule has 0 radical (unpaired) electrons. The maximum atomic E-state index is 11.8. The van der Waals surface area contributed by atoms with Crippen molar-refractivity contribution in [1.29, 1.82) is 0 Å². The Morgan fingerprint density at radius 2 is 2.00 bits per heavy atom. The van der Waals surface area contributed by atoms with Gasteiger partial charge in [0, 0.05) is 11.5 Å². The summed E-state index contributed by atoms with van der Waals surface area (Å²) in [4.78, 5) is 11.8.